The molecule has 0 aromatic carbocycles. The number of nitrogens with zero attached hydrogens (tertiary/aromatic N) is 1. The van der Waals surface area contributed by atoms with Gasteiger partial charge in [-0.05, 0) is 51.0 Å². The number of piperidine rings is 2. The molecular weight excluding hydrogens is 266 g/mol. The predicted molar refractivity (Wildman–Crippen MR) is 80.7 cm³/mol. The lowest BCUT2D eigenvalue weighted by Gasteiger charge is -2.35. The fourth-order valence-electron chi connectivity index (χ4n) is 3.52. The second kappa shape index (κ2) is 6.34. The van der Waals surface area contributed by atoms with E-state index in [9.17, 15) is 9.59 Å². The summed E-state index contributed by atoms with van der Waals surface area (Å²) >= 11 is 0. The van der Waals surface area contributed by atoms with Crippen LogP contribution < -0.4 is 10.6 Å². The van der Waals surface area contributed by atoms with Gasteiger partial charge in [0.2, 0.25) is 11.8 Å². The van der Waals surface area contributed by atoms with Crippen molar-refractivity contribution in [2.45, 2.75) is 57.5 Å². The fraction of sp³-hybridized carbons (Fsp3) is 0.875. The van der Waals surface area contributed by atoms with Crippen molar-refractivity contribution < 1.29 is 9.59 Å². The van der Waals surface area contributed by atoms with Gasteiger partial charge in [0.15, 0.2) is 0 Å². The molecule has 5 heteroatoms. The molecule has 3 aliphatic rings. The largest absolute Gasteiger partial charge is 0.352 e. The summed E-state index contributed by atoms with van der Waals surface area (Å²) in [7, 11) is 0. The first-order chi connectivity index (χ1) is 10.1. The van der Waals surface area contributed by atoms with E-state index >= 15 is 0 Å². The molecule has 0 aromatic heterocycles. The van der Waals surface area contributed by atoms with Gasteiger partial charge >= 0.3 is 0 Å². The van der Waals surface area contributed by atoms with E-state index < -0.39 is 0 Å². The number of rotatable bonds is 3. The van der Waals surface area contributed by atoms with Crippen LogP contribution in [0.4, 0.5) is 0 Å². The first-order valence-electron chi connectivity index (χ1n) is 8.47. The SMILES string of the molecule is CC1CCCNC1C(=O)NC1CCN(C(=O)C2CC2)CC1. The molecule has 1 saturated carbocycles. The second-order valence-electron chi connectivity index (χ2n) is 6.93. The summed E-state index contributed by atoms with van der Waals surface area (Å²) in [5.74, 6) is 1.20. The Morgan fingerprint density at radius 3 is 2.43 bits per heavy atom. The molecule has 3 rings (SSSR count). The predicted octanol–water partition coefficient (Wildman–Crippen LogP) is 0.892. The van der Waals surface area contributed by atoms with Crippen LogP contribution in [-0.4, -0.2) is 48.4 Å². The van der Waals surface area contributed by atoms with E-state index in [0.29, 0.717) is 17.7 Å². The highest BCUT2D eigenvalue weighted by molar-refractivity contribution is 5.83. The molecule has 0 aromatic rings. The van der Waals surface area contributed by atoms with Crippen LogP contribution in [0.15, 0.2) is 0 Å². The maximum absolute atomic E-state index is 12.4. The number of amides is 2. The van der Waals surface area contributed by atoms with Gasteiger partial charge in [-0.25, -0.2) is 0 Å². The van der Waals surface area contributed by atoms with Crippen molar-refractivity contribution in [2.75, 3.05) is 19.6 Å². The number of nitrogens with one attached hydrogen (secondary N) is 2. The van der Waals surface area contributed by atoms with Gasteiger partial charge in [0.25, 0.3) is 0 Å². The Morgan fingerprint density at radius 1 is 1.10 bits per heavy atom. The number of hydrogen-bond acceptors (Lipinski definition) is 3. The average molecular weight is 293 g/mol. The smallest absolute Gasteiger partial charge is 0.237 e. The average Bonchev–Trinajstić information content (AvgIpc) is 3.32. The van der Waals surface area contributed by atoms with Gasteiger partial charge in [0, 0.05) is 25.0 Å². The number of carbonyl (C=O) groups excluding carboxylic acids is 2. The number of likely N-dealkylation sites (tertiary alicyclic amines) is 1. The third-order valence-corrected chi connectivity index (χ3v) is 5.13. The monoisotopic (exact) mass is 293 g/mol. The van der Waals surface area contributed by atoms with Gasteiger partial charge in [-0.2, -0.15) is 0 Å². The maximum atomic E-state index is 12.4. The molecule has 2 N–H and O–H groups in total. The molecule has 2 heterocycles. The minimum atomic E-state index is -0.0372. The summed E-state index contributed by atoms with van der Waals surface area (Å²) in [6.07, 6.45) is 6.21. The Balaban J connectivity index is 1.44. The van der Waals surface area contributed by atoms with Gasteiger partial charge in [0.1, 0.15) is 0 Å². The first kappa shape index (κ1) is 14.8. The molecule has 2 aliphatic heterocycles. The van der Waals surface area contributed by atoms with Crippen LogP contribution in [0, 0.1) is 11.8 Å². The lowest BCUT2D eigenvalue weighted by molar-refractivity contribution is -0.133. The quantitative estimate of drug-likeness (QED) is 0.812. The zero-order chi connectivity index (χ0) is 14.8. The Labute approximate surface area is 126 Å². The topological polar surface area (TPSA) is 61.4 Å². The van der Waals surface area contributed by atoms with E-state index in [-0.39, 0.29) is 18.0 Å². The summed E-state index contributed by atoms with van der Waals surface area (Å²) in [5.41, 5.74) is 0. The molecule has 118 valence electrons. The Bertz CT molecular complexity index is 400. The first-order valence-corrected chi connectivity index (χ1v) is 8.47. The van der Waals surface area contributed by atoms with E-state index in [4.69, 9.17) is 0 Å². The molecule has 5 nitrogen and oxygen atoms in total. The second-order valence-corrected chi connectivity index (χ2v) is 6.93. The Hall–Kier alpha value is -1.10. The maximum Gasteiger partial charge on any atom is 0.237 e. The summed E-state index contributed by atoms with van der Waals surface area (Å²) in [5, 5.41) is 6.52. The van der Waals surface area contributed by atoms with Gasteiger partial charge in [0.05, 0.1) is 6.04 Å². The summed E-state index contributed by atoms with van der Waals surface area (Å²) in [6.45, 7) is 4.69. The van der Waals surface area contributed by atoms with Crippen LogP contribution in [0.1, 0.15) is 45.4 Å². The zero-order valence-electron chi connectivity index (χ0n) is 12.9. The van der Waals surface area contributed by atoms with Gasteiger partial charge in [-0.3, -0.25) is 9.59 Å². The van der Waals surface area contributed by atoms with Crippen LogP contribution in [0.25, 0.3) is 0 Å². The van der Waals surface area contributed by atoms with Crippen molar-refractivity contribution in [2.24, 2.45) is 11.8 Å². The lowest BCUT2D eigenvalue weighted by Crippen LogP contribution is -2.55. The van der Waals surface area contributed by atoms with Crippen LogP contribution in [0.5, 0.6) is 0 Å². The highest BCUT2D eigenvalue weighted by Crippen LogP contribution is 2.31. The van der Waals surface area contributed by atoms with Crippen molar-refractivity contribution in [1.82, 2.24) is 15.5 Å². The highest BCUT2D eigenvalue weighted by atomic mass is 16.2. The summed E-state index contributed by atoms with van der Waals surface area (Å²) in [6, 6.07) is 0.196. The van der Waals surface area contributed by atoms with Crippen LogP contribution in [-0.2, 0) is 9.59 Å². The third kappa shape index (κ3) is 3.57. The molecule has 0 radical (unpaired) electrons. The van der Waals surface area contributed by atoms with Crippen LogP contribution in [0.3, 0.4) is 0 Å². The number of carbonyl (C=O) groups is 2. The van der Waals surface area contributed by atoms with E-state index in [0.717, 1.165) is 58.2 Å². The molecule has 2 saturated heterocycles. The summed E-state index contributed by atoms with van der Waals surface area (Å²) < 4.78 is 0. The molecule has 21 heavy (non-hydrogen) atoms. The fourth-order valence-corrected chi connectivity index (χ4v) is 3.52. The number of hydrogen-bond donors (Lipinski definition) is 2. The van der Waals surface area contributed by atoms with Crippen molar-refractivity contribution in [1.29, 1.82) is 0 Å². The molecule has 0 spiro atoms. The van der Waals surface area contributed by atoms with Crippen LogP contribution in [0.2, 0.25) is 0 Å². The normalized spacial score (nSPS) is 31.0. The highest BCUT2D eigenvalue weighted by Gasteiger charge is 2.35. The van der Waals surface area contributed by atoms with E-state index in [1.54, 1.807) is 0 Å². The molecule has 2 unspecified atom stereocenters. The van der Waals surface area contributed by atoms with Crippen molar-refractivity contribution in [3.8, 4) is 0 Å². The van der Waals surface area contributed by atoms with Crippen molar-refractivity contribution in [3.05, 3.63) is 0 Å². The molecule has 0 bridgehead atoms. The zero-order valence-corrected chi connectivity index (χ0v) is 12.9. The van der Waals surface area contributed by atoms with E-state index in [2.05, 4.69) is 17.6 Å². The van der Waals surface area contributed by atoms with Crippen LogP contribution >= 0.6 is 0 Å². The van der Waals surface area contributed by atoms with Gasteiger partial charge < -0.3 is 15.5 Å². The molecule has 3 fully saturated rings. The Morgan fingerprint density at radius 2 is 1.81 bits per heavy atom. The molecule has 2 atom stereocenters. The minimum Gasteiger partial charge on any atom is -0.352 e. The van der Waals surface area contributed by atoms with E-state index in [1.165, 1.54) is 0 Å². The molecular formula is C16H27N3O2. The van der Waals surface area contributed by atoms with Crippen molar-refractivity contribution in [3.63, 3.8) is 0 Å². The standard InChI is InChI=1S/C16H27N3O2/c1-11-3-2-8-17-14(11)15(20)18-13-6-9-19(10-7-13)16(21)12-4-5-12/h11-14,17H,2-10H2,1H3,(H,18,20). The summed E-state index contributed by atoms with van der Waals surface area (Å²) in [4.78, 5) is 26.4. The lowest BCUT2D eigenvalue weighted by atomic mass is 9.91. The molecule has 1 aliphatic carbocycles. The minimum absolute atomic E-state index is 0.0372. The van der Waals surface area contributed by atoms with Crippen molar-refractivity contribution >= 4 is 11.8 Å². The van der Waals surface area contributed by atoms with Gasteiger partial charge in [-0.1, -0.05) is 6.92 Å². The third-order valence-electron chi connectivity index (χ3n) is 5.13. The van der Waals surface area contributed by atoms with E-state index in [1.807, 2.05) is 4.90 Å². The Kier molecular flexibility index (Phi) is 4.48. The van der Waals surface area contributed by atoms with Gasteiger partial charge in [-0.15, -0.1) is 0 Å². The molecule has 2 amide bonds.